The highest BCUT2D eigenvalue weighted by Gasteiger charge is 2.01. The van der Waals surface area contributed by atoms with Crippen molar-refractivity contribution >= 4 is 17.3 Å². The monoisotopic (exact) mass is 320 g/mol. The van der Waals surface area contributed by atoms with Gasteiger partial charge in [-0.3, -0.25) is 0 Å². The lowest BCUT2D eigenvalue weighted by molar-refractivity contribution is 0.414. The van der Waals surface area contributed by atoms with Crippen LogP contribution in [0.2, 0.25) is 0 Å². The largest absolute Gasteiger partial charge is 0.497 e. The summed E-state index contributed by atoms with van der Waals surface area (Å²) in [5, 5.41) is 6.58. The van der Waals surface area contributed by atoms with Gasteiger partial charge in [-0.05, 0) is 36.8 Å². The zero-order valence-corrected chi connectivity index (χ0v) is 13.8. The Kier molecular flexibility index (Phi) is 4.91. The molecule has 0 spiro atoms. The second-order valence-corrected chi connectivity index (χ2v) is 5.48. The van der Waals surface area contributed by atoms with Crippen LogP contribution in [-0.2, 0) is 6.54 Å². The van der Waals surface area contributed by atoms with Gasteiger partial charge in [0, 0.05) is 18.3 Å². The summed E-state index contributed by atoms with van der Waals surface area (Å²) in [6.07, 6.45) is 1.55. The minimum atomic E-state index is 0.685. The van der Waals surface area contributed by atoms with Gasteiger partial charge in [-0.1, -0.05) is 29.8 Å². The number of hydrogen-bond donors (Lipinski definition) is 2. The number of anilines is 3. The maximum atomic E-state index is 5.16. The topological polar surface area (TPSA) is 59.1 Å². The number of rotatable bonds is 6. The molecule has 1 heterocycles. The Morgan fingerprint density at radius 3 is 2.33 bits per heavy atom. The van der Waals surface area contributed by atoms with Crippen LogP contribution in [-0.4, -0.2) is 17.1 Å². The van der Waals surface area contributed by atoms with Crippen molar-refractivity contribution in [2.45, 2.75) is 13.5 Å². The third-order valence-electron chi connectivity index (χ3n) is 3.62. The van der Waals surface area contributed by atoms with Crippen LogP contribution in [0.4, 0.5) is 17.3 Å². The Bertz CT molecular complexity index is 785. The van der Waals surface area contributed by atoms with Crippen molar-refractivity contribution in [3.8, 4) is 5.75 Å². The predicted octanol–water partition coefficient (Wildman–Crippen LogP) is 4.15. The van der Waals surface area contributed by atoms with E-state index in [0.29, 0.717) is 6.54 Å². The summed E-state index contributed by atoms with van der Waals surface area (Å²) in [7, 11) is 1.66. The second kappa shape index (κ2) is 7.46. The van der Waals surface area contributed by atoms with E-state index < -0.39 is 0 Å². The van der Waals surface area contributed by atoms with Crippen LogP contribution >= 0.6 is 0 Å². The highest BCUT2D eigenvalue weighted by atomic mass is 16.5. The Morgan fingerprint density at radius 1 is 0.917 bits per heavy atom. The molecule has 0 radical (unpaired) electrons. The molecule has 1 aromatic heterocycles. The van der Waals surface area contributed by atoms with E-state index in [1.807, 2.05) is 42.5 Å². The first-order valence-corrected chi connectivity index (χ1v) is 7.75. The molecule has 5 heteroatoms. The van der Waals surface area contributed by atoms with E-state index in [0.717, 1.165) is 28.6 Å². The van der Waals surface area contributed by atoms with E-state index in [1.165, 1.54) is 5.56 Å². The van der Waals surface area contributed by atoms with Crippen molar-refractivity contribution in [3.05, 3.63) is 72.1 Å². The highest BCUT2D eigenvalue weighted by Crippen LogP contribution is 2.17. The molecule has 0 bridgehead atoms. The molecular formula is C19H20N4O. The molecule has 0 saturated heterocycles. The lowest BCUT2D eigenvalue weighted by atomic mass is 10.2. The molecule has 0 unspecified atom stereocenters. The number of ether oxygens (including phenoxy) is 1. The Labute approximate surface area is 141 Å². The van der Waals surface area contributed by atoms with E-state index >= 15 is 0 Å². The number of methoxy groups -OCH3 is 1. The molecule has 0 atom stereocenters. The predicted molar refractivity (Wildman–Crippen MR) is 96.8 cm³/mol. The van der Waals surface area contributed by atoms with Gasteiger partial charge in [0.1, 0.15) is 23.7 Å². The minimum Gasteiger partial charge on any atom is -0.497 e. The molecule has 0 aliphatic heterocycles. The van der Waals surface area contributed by atoms with Gasteiger partial charge in [0.15, 0.2) is 0 Å². The van der Waals surface area contributed by atoms with Crippen molar-refractivity contribution in [2.75, 3.05) is 17.7 Å². The van der Waals surface area contributed by atoms with Gasteiger partial charge in [0.2, 0.25) is 0 Å². The number of benzene rings is 2. The summed E-state index contributed by atoms with van der Waals surface area (Å²) < 4.78 is 5.16. The summed E-state index contributed by atoms with van der Waals surface area (Å²) in [6.45, 7) is 2.75. The zero-order chi connectivity index (χ0) is 16.8. The van der Waals surface area contributed by atoms with Crippen LogP contribution in [0.1, 0.15) is 11.1 Å². The first-order chi connectivity index (χ1) is 11.7. The van der Waals surface area contributed by atoms with Crippen LogP contribution in [0.25, 0.3) is 0 Å². The van der Waals surface area contributed by atoms with E-state index in [2.05, 4.69) is 39.7 Å². The molecule has 3 rings (SSSR count). The average Bonchev–Trinajstić information content (AvgIpc) is 2.63. The van der Waals surface area contributed by atoms with Gasteiger partial charge < -0.3 is 15.4 Å². The molecule has 3 aromatic rings. The SMILES string of the molecule is COc1ccc(CNc2cc(Nc3ccc(C)cc3)ncn2)cc1. The molecular weight excluding hydrogens is 300 g/mol. The lowest BCUT2D eigenvalue weighted by Crippen LogP contribution is -2.03. The normalized spacial score (nSPS) is 10.2. The van der Waals surface area contributed by atoms with Gasteiger partial charge in [0.05, 0.1) is 7.11 Å². The molecule has 0 aliphatic carbocycles. The molecule has 0 fully saturated rings. The molecule has 0 amide bonds. The first-order valence-electron chi connectivity index (χ1n) is 7.75. The fraction of sp³-hybridized carbons (Fsp3) is 0.158. The summed E-state index contributed by atoms with van der Waals surface area (Å²) in [5.41, 5.74) is 3.38. The van der Waals surface area contributed by atoms with Crippen molar-refractivity contribution in [2.24, 2.45) is 0 Å². The van der Waals surface area contributed by atoms with Gasteiger partial charge >= 0.3 is 0 Å². The molecule has 5 nitrogen and oxygen atoms in total. The summed E-state index contributed by atoms with van der Waals surface area (Å²) in [4.78, 5) is 8.51. The number of hydrogen-bond acceptors (Lipinski definition) is 5. The van der Waals surface area contributed by atoms with Gasteiger partial charge in [-0.25, -0.2) is 9.97 Å². The summed E-state index contributed by atoms with van der Waals surface area (Å²) >= 11 is 0. The second-order valence-electron chi connectivity index (χ2n) is 5.48. The van der Waals surface area contributed by atoms with Crippen molar-refractivity contribution in [1.82, 2.24) is 9.97 Å². The Morgan fingerprint density at radius 2 is 1.62 bits per heavy atom. The highest BCUT2D eigenvalue weighted by molar-refractivity contribution is 5.59. The zero-order valence-electron chi connectivity index (χ0n) is 13.8. The summed E-state index contributed by atoms with van der Waals surface area (Å²) in [6, 6.07) is 18.0. The quantitative estimate of drug-likeness (QED) is 0.714. The average molecular weight is 320 g/mol. The van der Waals surface area contributed by atoms with Crippen LogP contribution in [0.15, 0.2) is 60.9 Å². The summed E-state index contributed by atoms with van der Waals surface area (Å²) in [5.74, 6) is 2.38. The Hall–Kier alpha value is -3.08. The lowest BCUT2D eigenvalue weighted by Gasteiger charge is -2.09. The molecule has 2 aromatic carbocycles. The number of nitrogens with one attached hydrogen (secondary N) is 2. The van der Waals surface area contributed by atoms with Crippen LogP contribution in [0.5, 0.6) is 5.75 Å². The van der Waals surface area contributed by atoms with Gasteiger partial charge in [-0.2, -0.15) is 0 Å². The number of nitrogens with zero attached hydrogens (tertiary/aromatic N) is 2. The van der Waals surface area contributed by atoms with Crippen LogP contribution < -0.4 is 15.4 Å². The van der Waals surface area contributed by atoms with E-state index in [-0.39, 0.29) is 0 Å². The third-order valence-corrected chi connectivity index (χ3v) is 3.62. The Balaban J connectivity index is 1.63. The standard InChI is InChI=1S/C19H20N4O/c1-14-3-7-16(8-4-14)23-19-11-18(21-13-22-19)20-12-15-5-9-17(24-2)10-6-15/h3-11,13H,12H2,1-2H3,(H2,20,21,22,23). The molecule has 24 heavy (non-hydrogen) atoms. The number of aryl methyl sites for hydroxylation is 1. The molecule has 0 saturated carbocycles. The molecule has 0 aliphatic rings. The van der Waals surface area contributed by atoms with Gasteiger partial charge in [0.25, 0.3) is 0 Å². The first kappa shape index (κ1) is 15.8. The maximum absolute atomic E-state index is 5.16. The van der Waals surface area contributed by atoms with Crippen molar-refractivity contribution in [1.29, 1.82) is 0 Å². The van der Waals surface area contributed by atoms with Crippen molar-refractivity contribution < 1.29 is 4.74 Å². The number of aromatic nitrogens is 2. The van der Waals surface area contributed by atoms with E-state index in [1.54, 1.807) is 13.4 Å². The minimum absolute atomic E-state index is 0.685. The molecule has 122 valence electrons. The van der Waals surface area contributed by atoms with Crippen LogP contribution in [0, 0.1) is 6.92 Å². The van der Waals surface area contributed by atoms with Crippen LogP contribution in [0.3, 0.4) is 0 Å². The fourth-order valence-electron chi connectivity index (χ4n) is 2.24. The van der Waals surface area contributed by atoms with E-state index in [4.69, 9.17) is 4.74 Å². The smallest absolute Gasteiger partial charge is 0.135 e. The van der Waals surface area contributed by atoms with Crippen molar-refractivity contribution in [3.63, 3.8) is 0 Å². The van der Waals surface area contributed by atoms with Gasteiger partial charge in [-0.15, -0.1) is 0 Å². The van der Waals surface area contributed by atoms with E-state index in [9.17, 15) is 0 Å². The molecule has 2 N–H and O–H groups in total. The third kappa shape index (κ3) is 4.23. The fourth-order valence-corrected chi connectivity index (χ4v) is 2.24. The maximum Gasteiger partial charge on any atom is 0.135 e.